The molecule has 112 valence electrons. The van der Waals surface area contributed by atoms with E-state index in [1.54, 1.807) is 6.92 Å². The molecule has 0 aromatic carbocycles. The second-order valence-corrected chi connectivity index (χ2v) is 5.48. The molecule has 21 heavy (non-hydrogen) atoms. The minimum atomic E-state index is -0.444. The highest BCUT2D eigenvalue weighted by molar-refractivity contribution is 7.80. The fourth-order valence-corrected chi connectivity index (χ4v) is 2.42. The van der Waals surface area contributed by atoms with Crippen molar-refractivity contribution in [3.63, 3.8) is 0 Å². The second kappa shape index (κ2) is 6.63. The lowest BCUT2D eigenvalue weighted by atomic mass is 10.4. The third-order valence-corrected chi connectivity index (χ3v) is 3.61. The Labute approximate surface area is 129 Å². The van der Waals surface area contributed by atoms with E-state index in [1.165, 1.54) is 11.3 Å². The Bertz CT molecular complexity index is 709. The van der Waals surface area contributed by atoms with Crippen molar-refractivity contribution >= 4 is 45.9 Å². The molecule has 2 aromatic rings. The first-order chi connectivity index (χ1) is 10.0. The summed E-state index contributed by atoms with van der Waals surface area (Å²) in [5.41, 5.74) is 5.49. The Hall–Kier alpha value is -2.01. The number of thiol groups is 1. The summed E-state index contributed by atoms with van der Waals surface area (Å²) in [5.74, 6) is 0.751. The van der Waals surface area contributed by atoms with Crippen molar-refractivity contribution < 1.29 is 0 Å². The number of nitrogen functional groups attached to an aromatic ring is 1. The number of H-pyrrole nitrogens is 1. The average Bonchev–Trinajstić information content (AvgIpc) is 2.86. The second-order valence-electron chi connectivity index (χ2n) is 4.10. The van der Waals surface area contributed by atoms with Gasteiger partial charge in [-0.25, -0.2) is 4.98 Å². The highest BCUT2D eigenvalue weighted by atomic mass is 32.1. The fraction of sp³-hybridized carbons (Fsp3) is 0.400. The molecule has 9 nitrogen and oxygen atoms in total. The van der Waals surface area contributed by atoms with Crippen molar-refractivity contribution in [3.8, 4) is 0 Å². The number of rotatable bonds is 5. The van der Waals surface area contributed by atoms with E-state index in [9.17, 15) is 4.79 Å². The van der Waals surface area contributed by atoms with E-state index < -0.39 is 5.56 Å². The lowest BCUT2D eigenvalue weighted by Gasteiger charge is -2.11. The number of aryl methyl sites for hydroxylation is 1. The molecule has 2 rings (SSSR count). The van der Waals surface area contributed by atoms with Crippen molar-refractivity contribution in [3.05, 3.63) is 16.0 Å². The number of hydrogen-bond acceptors (Lipinski definition) is 10. The quantitative estimate of drug-likeness (QED) is 0.561. The summed E-state index contributed by atoms with van der Waals surface area (Å²) >= 11 is 5.42. The Morgan fingerprint density at radius 3 is 2.86 bits per heavy atom. The third kappa shape index (κ3) is 3.76. The highest BCUT2D eigenvalue weighted by Crippen LogP contribution is 2.26. The lowest BCUT2D eigenvalue weighted by Crippen LogP contribution is -2.19. The van der Waals surface area contributed by atoms with Crippen molar-refractivity contribution in [1.82, 2.24) is 20.2 Å². The fourth-order valence-electron chi connectivity index (χ4n) is 1.46. The SMILES string of the molecule is Cc1nc(N)[nH]c(=O)c1N=Nc1nnc(N(C)CCS)s1. The first-order valence-corrected chi connectivity index (χ1v) is 7.39. The Morgan fingerprint density at radius 1 is 1.43 bits per heavy atom. The maximum absolute atomic E-state index is 11.7. The molecule has 0 radical (unpaired) electrons. The van der Waals surface area contributed by atoms with E-state index in [0.29, 0.717) is 21.7 Å². The molecule has 0 amide bonds. The normalized spacial score (nSPS) is 11.2. The van der Waals surface area contributed by atoms with Crippen molar-refractivity contribution in [1.29, 1.82) is 0 Å². The van der Waals surface area contributed by atoms with Crippen LogP contribution in [0.2, 0.25) is 0 Å². The van der Waals surface area contributed by atoms with Crippen LogP contribution < -0.4 is 16.2 Å². The molecule has 3 N–H and O–H groups in total. The van der Waals surface area contributed by atoms with Crippen molar-refractivity contribution in [2.24, 2.45) is 10.2 Å². The Balaban J connectivity index is 2.21. The van der Waals surface area contributed by atoms with Gasteiger partial charge in [-0.3, -0.25) is 9.78 Å². The maximum Gasteiger partial charge on any atom is 0.280 e. The van der Waals surface area contributed by atoms with Gasteiger partial charge in [0.15, 0.2) is 5.69 Å². The number of nitrogens with two attached hydrogens (primary N) is 1. The van der Waals surface area contributed by atoms with Crippen LogP contribution in [0.3, 0.4) is 0 Å². The zero-order chi connectivity index (χ0) is 15.4. The molecular weight excluding hydrogens is 312 g/mol. The molecule has 0 fully saturated rings. The predicted molar refractivity (Wildman–Crippen MR) is 85.2 cm³/mol. The van der Waals surface area contributed by atoms with Crippen LogP contribution in [0.1, 0.15) is 5.69 Å². The lowest BCUT2D eigenvalue weighted by molar-refractivity contribution is 0.934. The van der Waals surface area contributed by atoms with Crippen LogP contribution in [-0.4, -0.2) is 39.5 Å². The molecule has 0 unspecified atom stereocenters. The summed E-state index contributed by atoms with van der Waals surface area (Å²) in [5, 5.41) is 16.7. The first kappa shape index (κ1) is 15.4. The standard InChI is InChI=1S/C10H14N8OS2/c1-5-6(7(19)13-8(11)12-5)14-15-9-16-17-10(21-9)18(2)3-4-20/h20H,3-4H2,1-2H3,(H3,11,12,13,19). The summed E-state index contributed by atoms with van der Waals surface area (Å²) in [6.07, 6.45) is 0. The van der Waals surface area contributed by atoms with Crippen LogP contribution in [0.25, 0.3) is 0 Å². The molecule has 0 saturated carbocycles. The number of azo groups is 1. The summed E-state index contributed by atoms with van der Waals surface area (Å²) in [6.45, 7) is 2.38. The molecular formula is C10H14N8OS2. The van der Waals surface area contributed by atoms with Gasteiger partial charge in [-0.1, -0.05) is 11.3 Å². The van der Waals surface area contributed by atoms with Crippen LogP contribution in [-0.2, 0) is 0 Å². The zero-order valence-electron chi connectivity index (χ0n) is 11.4. The van der Waals surface area contributed by atoms with Gasteiger partial charge < -0.3 is 10.6 Å². The molecule has 11 heteroatoms. The van der Waals surface area contributed by atoms with Gasteiger partial charge in [-0.2, -0.15) is 12.6 Å². The highest BCUT2D eigenvalue weighted by Gasteiger charge is 2.09. The molecule has 2 aromatic heterocycles. The Kier molecular flexibility index (Phi) is 4.85. The van der Waals surface area contributed by atoms with Crippen molar-refractivity contribution in [2.45, 2.75) is 6.92 Å². The molecule has 0 bridgehead atoms. The van der Waals surface area contributed by atoms with Gasteiger partial charge in [0.1, 0.15) is 0 Å². The summed E-state index contributed by atoms with van der Waals surface area (Å²) in [7, 11) is 1.89. The molecule has 2 heterocycles. The molecule has 0 aliphatic rings. The summed E-state index contributed by atoms with van der Waals surface area (Å²) in [6, 6.07) is 0. The predicted octanol–water partition coefficient (Wildman–Crippen LogP) is 1.29. The number of aromatic nitrogens is 4. The van der Waals surface area contributed by atoms with Crippen LogP contribution >= 0.6 is 24.0 Å². The van der Waals surface area contributed by atoms with Gasteiger partial charge in [0, 0.05) is 19.3 Å². The van der Waals surface area contributed by atoms with Gasteiger partial charge in [-0.15, -0.1) is 20.4 Å². The molecule has 0 atom stereocenters. The minimum Gasteiger partial charge on any atom is -0.369 e. The molecule has 0 aliphatic heterocycles. The Morgan fingerprint density at radius 2 is 2.19 bits per heavy atom. The van der Waals surface area contributed by atoms with Crippen LogP contribution in [0.5, 0.6) is 0 Å². The van der Waals surface area contributed by atoms with Crippen molar-refractivity contribution in [2.75, 3.05) is 30.0 Å². The summed E-state index contributed by atoms with van der Waals surface area (Å²) in [4.78, 5) is 19.9. The third-order valence-electron chi connectivity index (χ3n) is 2.49. The van der Waals surface area contributed by atoms with Gasteiger partial charge in [-0.05, 0) is 6.92 Å². The molecule has 0 saturated heterocycles. The van der Waals surface area contributed by atoms with Gasteiger partial charge in [0.05, 0.1) is 5.69 Å². The monoisotopic (exact) mass is 326 g/mol. The smallest absolute Gasteiger partial charge is 0.280 e. The molecule has 0 spiro atoms. The van der Waals surface area contributed by atoms with E-state index in [0.717, 1.165) is 6.54 Å². The largest absolute Gasteiger partial charge is 0.369 e. The van der Waals surface area contributed by atoms with E-state index in [4.69, 9.17) is 5.73 Å². The van der Waals surface area contributed by atoms with E-state index in [1.807, 2.05) is 11.9 Å². The molecule has 0 aliphatic carbocycles. The van der Waals surface area contributed by atoms with E-state index >= 15 is 0 Å². The zero-order valence-corrected chi connectivity index (χ0v) is 13.1. The number of nitrogens with zero attached hydrogens (tertiary/aromatic N) is 6. The van der Waals surface area contributed by atoms with Crippen LogP contribution in [0.4, 0.5) is 21.9 Å². The number of hydrogen-bond donors (Lipinski definition) is 3. The van der Waals surface area contributed by atoms with Gasteiger partial charge >= 0.3 is 0 Å². The number of aromatic amines is 1. The maximum atomic E-state index is 11.7. The number of anilines is 2. The van der Waals surface area contributed by atoms with Gasteiger partial charge in [0.25, 0.3) is 10.7 Å². The number of nitrogens with one attached hydrogen (secondary N) is 1. The topological polar surface area (TPSA) is 126 Å². The summed E-state index contributed by atoms with van der Waals surface area (Å²) < 4.78 is 0. The van der Waals surface area contributed by atoms with E-state index in [2.05, 4.69) is 43.0 Å². The minimum absolute atomic E-state index is 0.0445. The van der Waals surface area contributed by atoms with Crippen LogP contribution in [0, 0.1) is 6.92 Å². The average molecular weight is 326 g/mol. The first-order valence-electron chi connectivity index (χ1n) is 5.95. The van der Waals surface area contributed by atoms with Crippen LogP contribution in [0.15, 0.2) is 15.0 Å². The van der Waals surface area contributed by atoms with Gasteiger partial charge in [0.2, 0.25) is 11.1 Å². The van der Waals surface area contributed by atoms with E-state index in [-0.39, 0.29) is 11.6 Å².